The Morgan fingerprint density at radius 3 is 2.69 bits per heavy atom. The lowest BCUT2D eigenvalue weighted by Crippen LogP contribution is -2.45. The van der Waals surface area contributed by atoms with Gasteiger partial charge >= 0.3 is 11.9 Å². The number of carbonyl (C=O) groups excluding carboxylic acids is 3. The van der Waals surface area contributed by atoms with Crippen LogP contribution < -0.4 is 0 Å². The van der Waals surface area contributed by atoms with E-state index in [1.54, 1.807) is 26.8 Å². The summed E-state index contributed by atoms with van der Waals surface area (Å²) in [4.78, 5) is 36.8. The first-order chi connectivity index (χ1) is 12.0. The Hall–Kier alpha value is -2.21. The lowest BCUT2D eigenvalue weighted by molar-refractivity contribution is -0.166. The molecular formula is C20H26O6. The van der Waals surface area contributed by atoms with Gasteiger partial charge < -0.3 is 14.6 Å². The Morgan fingerprint density at radius 2 is 2.08 bits per heavy atom. The van der Waals surface area contributed by atoms with Crippen LogP contribution in [0.2, 0.25) is 0 Å². The number of ketones is 1. The minimum atomic E-state index is -1.39. The molecule has 0 radical (unpaired) electrons. The lowest BCUT2D eigenvalue weighted by atomic mass is 9.75. The monoisotopic (exact) mass is 362 g/mol. The zero-order valence-corrected chi connectivity index (χ0v) is 15.7. The summed E-state index contributed by atoms with van der Waals surface area (Å²) in [5, 5.41) is 10.7. The molecule has 1 heterocycles. The minimum absolute atomic E-state index is 0.0224. The number of carbonyl (C=O) groups is 3. The van der Waals surface area contributed by atoms with E-state index < -0.39 is 35.5 Å². The van der Waals surface area contributed by atoms with Crippen molar-refractivity contribution in [3.63, 3.8) is 0 Å². The van der Waals surface area contributed by atoms with E-state index in [2.05, 4.69) is 6.58 Å². The molecular weight excluding hydrogens is 336 g/mol. The molecule has 0 aromatic rings. The summed E-state index contributed by atoms with van der Waals surface area (Å²) in [6, 6.07) is 0. The van der Waals surface area contributed by atoms with Crippen LogP contribution in [-0.2, 0) is 23.9 Å². The zero-order chi connectivity index (χ0) is 19.6. The van der Waals surface area contributed by atoms with Crippen molar-refractivity contribution in [2.45, 2.75) is 45.8 Å². The summed E-state index contributed by atoms with van der Waals surface area (Å²) in [5.74, 6) is -2.94. The van der Waals surface area contributed by atoms with Gasteiger partial charge in [-0.2, -0.15) is 0 Å². The maximum absolute atomic E-state index is 12.4. The second-order valence-electron chi connectivity index (χ2n) is 7.56. The topological polar surface area (TPSA) is 89.9 Å². The van der Waals surface area contributed by atoms with Gasteiger partial charge in [0.25, 0.3) is 0 Å². The smallest absolute Gasteiger partial charge is 0.313 e. The molecule has 2 aliphatic rings. The molecule has 0 unspecified atom stereocenters. The van der Waals surface area contributed by atoms with Crippen molar-refractivity contribution in [1.82, 2.24) is 0 Å². The lowest BCUT2D eigenvalue weighted by Gasteiger charge is -2.38. The molecule has 26 heavy (non-hydrogen) atoms. The molecule has 6 heteroatoms. The quantitative estimate of drug-likeness (QED) is 0.598. The third-order valence-corrected chi connectivity index (χ3v) is 4.70. The highest BCUT2D eigenvalue weighted by molar-refractivity contribution is 6.04. The summed E-state index contributed by atoms with van der Waals surface area (Å²) >= 11 is 0. The average Bonchev–Trinajstić information content (AvgIpc) is 2.54. The van der Waals surface area contributed by atoms with E-state index in [-0.39, 0.29) is 24.7 Å². The van der Waals surface area contributed by atoms with E-state index in [0.717, 1.165) is 0 Å². The fourth-order valence-corrected chi connectivity index (χ4v) is 3.16. The minimum Gasteiger partial charge on any atom is -0.461 e. The standard InChI is InChI=1S/C20H26O6/c1-11(2)18(22)26-16-9-20(5,24)7-6-15(21)12(3)8-14-17(16)13(4)10-25-19(14)23/h6-8,11,14,16-17,24H,4,9-10H2,1-3,5H3/b7-6+,12-8+/t14-,16+,17-,20-/m0/s1. The Balaban J connectivity index is 2.54. The number of cyclic esters (lactones) is 1. The number of esters is 2. The third kappa shape index (κ3) is 4.49. The number of hydrogen-bond acceptors (Lipinski definition) is 6. The summed E-state index contributed by atoms with van der Waals surface area (Å²) in [7, 11) is 0. The van der Waals surface area contributed by atoms with Crippen molar-refractivity contribution >= 4 is 17.7 Å². The van der Waals surface area contributed by atoms with Gasteiger partial charge in [-0.05, 0) is 37.1 Å². The molecule has 1 fully saturated rings. The second-order valence-corrected chi connectivity index (χ2v) is 7.56. The molecule has 1 N–H and O–H groups in total. The Labute approximate surface area is 153 Å². The van der Waals surface area contributed by atoms with E-state index in [9.17, 15) is 19.5 Å². The van der Waals surface area contributed by atoms with E-state index in [1.807, 2.05) is 0 Å². The van der Waals surface area contributed by atoms with Crippen LogP contribution in [0.15, 0.2) is 36.0 Å². The molecule has 0 aromatic heterocycles. The van der Waals surface area contributed by atoms with E-state index in [0.29, 0.717) is 11.1 Å². The van der Waals surface area contributed by atoms with Gasteiger partial charge in [0.1, 0.15) is 12.7 Å². The zero-order valence-electron chi connectivity index (χ0n) is 15.7. The summed E-state index contributed by atoms with van der Waals surface area (Å²) < 4.78 is 10.8. The van der Waals surface area contributed by atoms with Gasteiger partial charge in [0.15, 0.2) is 5.78 Å². The van der Waals surface area contributed by atoms with E-state index >= 15 is 0 Å². The number of ether oxygens (including phenoxy) is 2. The molecule has 1 aliphatic carbocycles. The van der Waals surface area contributed by atoms with Crippen LogP contribution >= 0.6 is 0 Å². The first-order valence-corrected chi connectivity index (χ1v) is 8.71. The van der Waals surface area contributed by atoms with Gasteiger partial charge in [0.2, 0.25) is 0 Å². The first kappa shape index (κ1) is 20.1. The molecule has 0 amide bonds. The molecule has 142 valence electrons. The predicted octanol–water partition coefficient (Wildman–Crippen LogP) is 2.13. The van der Waals surface area contributed by atoms with Crippen molar-refractivity contribution in [3.8, 4) is 0 Å². The van der Waals surface area contributed by atoms with Crippen molar-refractivity contribution in [1.29, 1.82) is 0 Å². The summed E-state index contributed by atoms with van der Waals surface area (Å²) in [5.41, 5.74) is -0.441. The van der Waals surface area contributed by atoms with Crippen molar-refractivity contribution in [2.24, 2.45) is 17.8 Å². The summed E-state index contributed by atoms with van der Waals surface area (Å²) in [6.07, 6.45) is 3.48. The number of allylic oxidation sites excluding steroid dienone is 2. The first-order valence-electron chi connectivity index (χ1n) is 8.71. The SMILES string of the molecule is C=C1COC(=O)[C@H]2/C=C(\C)C(=O)/C=C/[C@](C)(O)C[C@@H](OC(=O)C(C)C)[C@@H]12. The molecule has 6 nitrogen and oxygen atoms in total. The Bertz CT molecular complexity index is 682. The van der Waals surface area contributed by atoms with Crippen LogP contribution in [0.1, 0.15) is 34.1 Å². The number of aliphatic hydroxyl groups is 1. The predicted molar refractivity (Wildman–Crippen MR) is 94.9 cm³/mol. The highest BCUT2D eigenvalue weighted by Gasteiger charge is 2.44. The molecule has 0 aromatic carbocycles. The van der Waals surface area contributed by atoms with Gasteiger partial charge in [0, 0.05) is 12.3 Å². The third-order valence-electron chi connectivity index (χ3n) is 4.70. The number of fused-ring (bicyclic) bond motifs is 1. The molecule has 0 saturated carbocycles. The van der Waals surface area contributed by atoms with Gasteiger partial charge in [-0.3, -0.25) is 14.4 Å². The molecule has 4 atom stereocenters. The highest BCUT2D eigenvalue weighted by atomic mass is 16.6. The van der Waals surface area contributed by atoms with Crippen molar-refractivity contribution < 1.29 is 29.0 Å². The number of rotatable bonds is 2. The normalized spacial score (nSPS) is 35.8. The van der Waals surface area contributed by atoms with E-state index in [4.69, 9.17) is 9.47 Å². The van der Waals surface area contributed by atoms with Crippen LogP contribution in [-0.4, -0.2) is 41.1 Å². The van der Waals surface area contributed by atoms with Gasteiger partial charge in [-0.25, -0.2) is 0 Å². The van der Waals surface area contributed by atoms with Gasteiger partial charge in [0.05, 0.1) is 17.4 Å². The van der Waals surface area contributed by atoms with Crippen molar-refractivity contribution in [2.75, 3.05) is 6.61 Å². The van der Waals surface area contributed by atoms with Gasteiger partial charge in [-0.15, -0.1) is 0 Å². The Morgan fingerprint density at radius 1 is 1.42 bits per heavy atom. The fourth-order valence-electron chi connectivity index (χ4n) is 3.16. The Kier molecular flexibility index (Phi) is 5.86. The van der Waals surface area contributed by atoms with Crippen LogP contribution in [0.4, 0.5) is 0 Å². The molecule has 1 aliphatic heterocycles. The average molecular weight is 362 g/mol. The maximum atomic E-state index is 12.4. The molecule has 1 saturated heterocycles. The molecule has 0 spiro atoms. The van der Waals surface area contributed by atoms with Crippen LogP contribution in [0, 0.1) is 17.8 Å². The van der Waals surface area contributed by atoms with Crippen LogP contribution in [0.25, 0.3) is 0 Å². The fraction of sp³-hybridized carbons (Fsp3) is 0.550. The molecule has 2 rings (SSSR count). The second kappa shape index (κ2) is 7.58. The van der Waals surface area contributed by atoms with Crippen LogP contribution in [0.3, 0.4) is 0 Å². The number of hydrogen-bond donors (Lipinski definition) is 1. The maximum Gasteiger partial charge on any atom is 0.313 e. The molecule has 0 bridgehead atoms. The van der Waals surface area contributed by atoms with E-state index in [1.165, 1.54) is 19.1 Å². The highest BCUT2D eigenvalue weighted by Crippen LogP contribution is 2.37. The van der Waals surface area contributed by atoms with Crippen molar-refractivity contribution in [3.05, 3.63) is 36.0 Å². The largest absolute Gasteiger partial charge is 0.461 e. The van der Waals surface area contributed by atoms with Gasteiger partial charge in [-0.1, -0.05) is 26.5 Å². The summed E-state index contributed by atoms with van der Waals surface area (Å²) in [6.45, 7) is 10.6. The van der Waals surface area contributed by atoms with Crippen LogP contribution in [0.5, 0.6) is 0 Å².